The zero-order valence-electron chi connectivity index (χ0n) is 11.7. The highest BCUT2D eigenvalue weighted by atomic mass is 35.5. The monoisotopic (exact) mass is 291 g/mol. The SMILES string of the molecule is CCc1cccc(CC)c1NC(=O)Cn1ccnc1Cl. The number of benzene rings is 1. The number of imidazole rings is 1. The number of anilines is 1. The number of carbonyl (C=O) groups is 1. The van der Waals surface area contributed by atoms with Crippen molar-refractivity contribution in [2.24, 2.45) is 0 Å². The summed E-state index contributed by atoms with van der Waals surface area (Å²) in [5, 5.41) is 3.32. The van der Waals surface area contributed by atoms with E-state index in [1.54, 1.807) is 17.0 Å². The molecule has 0 aliphatic rings. The van der Waals surface area contributed by atoms with Gasteiger partial charge in [0.15, 0.2) is 0 Å². The minimum Gasteiger partial charge on any atom is -0.324 e. The van der Waals surface area contributed by atoms with E-state index < -0.39 is 0 Å². The molecule has 0 spiro atoms. The molecular weight excluding hydrogens is 274 g/mol. The van der Waals surface area contributed by atoms with Crippen molar-refractivity contribution < 1.29 is 4.79 Å². The molecule has 0 saturated heterocycles. The molecule has 106 valence electrons. The number of nitrogens with zero attached hydrogens (tertiary/aromatic N) is 2. The van der Waals surface area contributed by atoms with E-state index in [-0.39, 0.29) is 12.5 Å². The molecule has 20 heavy (non-hydrogen) atoms. The van der Waals surface area contributed by atoms with E-state index in [9.17, 15) is 4.79 Å². The van der Waals surface area contributed by atoms with Gasteiger partial charge in [0.2, 0.25) is 11.2 Å². The Balaban J connectivity index is 2.17. The first-order valence-corrected chi connectivity index (χ1v) is 7.10. The first kappa shape index (κ1) is 14.6. The number of carbonyl (C=O) groups excluding carboxylic acids is 1. The van der Waals surface area contributed by atoms with Crippen molar-refractivity contribution in [2.45, 2.75) is 33.2 Å². The summed E-state index contributed by atoms with van der Waals surface area (Å²) in [6.07, 6.45) is 5.03. The van der Waals surface area contributed by atoms with Crippen LogP contribution in [-0.2, 0) is 24.2 Å². The Bertz CT molecular complexity index is 585. The molecule has 5 heteroatoms. The maximum Gasteiger partial charge on any atom is 0.244 e. The second-order valence-electron chi connectivity index (χ2n) is 4.53. The van der Waals surface area contributed by atoms with Gasteiger partial charge in [0.05, 0.1) is 0 Å². The quantitative estimate of drug-likeness (QED) is 0.919. The lowest BCUT2D eigenvalue weighted by atomic mass is 10.0. The molecule has 2 rings (SSSR count). The van der Waals surface area contributed by atoms with E-state index in [4.69, 9.17) is 11.6 Å². The Hall–Kier alpha value is -1.81. The standard InChI is InChI=1S/C15H18ClN3O/c1-3-11-6-5-7-12(4-2)14(11)18-13(20)10-19-9-8-17-15(19)16/h5-9H,3-4,10H2,1-2H3,(H,18,20). The van der Waals surface area contributed by atoms with Crippen LogP contribution in [0.3, 0.4) is 0 Å². The molecule has 0 fully saturated rings. The van der Waals surface area contributed by atoms with Crippen LogP contribution < -0.4 is 5.32 Å². The van der Waals surface area contributed by atoms with Crippen LogP contribution in [0.4, 0.5) is 5.69 Å². The van der Waals surface area contributed by atoms with Gasteiger partial charge in [0, 0.05) is 18.1 Å². The van der Waals surface area contributed by atoms with Gasteiger partial charge in [0.25, 0.3) is 0 Å². The summed E-state index contributed by atoms with van der Waals surface area (Å²) in [6, 6.07) is 6.11. The minimum absolute atomic E-state index is 0.0968. The third-order valence-corrected chi connectivity index (χ3v) is 3.56. The third-order valence-electron chi connectivity index (χ3n) is 3.24. The van der Waals surface area contributed by atoms with Crippen molar-refractivity contribution in [1.82, 2.24) is 9.55 Å². The van der Waals surface area contributed by atoms with Crippen molar-refractivity contribution in [3.8, 4) is 0 Å². The summed E-state index contributed by atoms with van der Waals surface area (Å²) >= 11 is 5.88. The van der Waals surface area contributed by atoms with Crippen molar-refractivity contribution in [3.63, 3.8) is 0 Å². The maximum atomic E-state index is 12.1. The normalized spacial score (nSPS) is 10.6. The van der Waals surface area contributed by atoms with Gasteiger partial charge in [-0.25, -0.2) is 4.98 Å². The van der Waals surface area contributed by atoms with Crippen molar-refractivity contribution in [3.05, 3.63) is 47.0 Å². The van der Waals surface area contributed by atoms with Crippen LogP contribution in [0, 0.1) is 0 Å². The summed E-state index contributed by atoms with van der Waals surface area (Å²) in [7, 11) is 0. The van der Waals surface area contributed by atoms with Crippen LogP contribution >= 0.6 is 11.6 Å². The number of nitrogens with one attached hydrogen (secondary N) is 1. The van der Waals surface area contributed by atoms with E-state index >= 15 is 0 Å². The average molecular weight is 292 g/mol. The summed E-state index contributed by atoms with van der Waals surface area (Å²) in [6.45, 7) is 4.33. The maximum absolute atomic E-state index is 12.1. The van der Waals surface area contributed by atoms with Crippen molar-refractivity contribution in [2.75, 3.05) is 5.32 Å². The third kappa shape index (κ3) is 3.20. The average Bonchev–Trinajstić information content (AvgIpc) is 2.84. The number of halogens is 1. The second kappa shape index (κ2) is 6.57. The fourth-order valence-electron chi connectivity index (χ4n) is 2.17. The Kier molecular flexibility index (Phi) is 4.79. The first-order chi connectivity index (χ1) is 9.65. The van der Waals surface area contributed by atoms with Gasteiger partial charge in [-0.15, -0.1) is 0 Å². The Morgan fingerprint density at radius 3 is 2.45 bits per heavy atom. The fourth-order valence-corrected chi connectivity index (χ4v) is 2.34. The zero-order valence-corrected chi connectivity index (χ0v) is 12.4. The van der Waals surface area contributed by atoms with E-state index in [2.05, 4.69) is 24.1 Å². The molecular formula is C15H18ClN3O. The molecule has 0 bridgehead atoms. The molecule has 0 radical (unpaired) electrons. The molecule has 1 heterocycles. The second-order valence-corrected chi connectivity index (χ2v) is 4.87. The molecule has 0 atom stereocenters. The predicted molar refractivity (Wildman–Crippen MR) is 81.1 cm³/mol. The summed E-state index contributed by atoms with van der Waals surface area (Å²) < 4.78 is 1.61. The van der Waals surface area contributed by atoms with Crippen LogP contribution in [-0.4, -0.2) is 15.5 Å². The molecule has 0 saturated carbocycles. The lowest BCUT2D eigenvalue weighted by Gasteiger charge is -2.14. The van der Waals surface area contributed by atoms with E-state index in [0.29, 0.717) is 5.28 Å². The lowest BCUT2D eigenvalue weighted by Crippen LogP contribution is -2.20. The van der Waals surface area contributed by atoms with E-state index in [1.165, 1.54) is 0 Å². The molecule has 0 unspecified atom stereocenters. The minimum atomic E-state index is -0.0968. The van der Waals surface area contributed by atoms with Gasteiger partial charge in [0.1, 0.15) is 6.54 Å². The first-order valence-electron chi connectivity index (χ1n) is 6.73. The number of aryl methyl sites for hydroxylation is 2. The van der Waals surface area contributed by atoms with Crippen molar-refractivity contribution in [1.29, 1.82) is 0 Å². The van der Waals surface area contributed by atoms with Crippen LogP contribution in [0.2, 0.25) is 5.28 Å². The highest BCUT2D eigenvalue weighted by Crippen LogP contribution is 2.22. The van der Waals surface area contributed by atoms with Gasteiger partial charge >= 0.3 is 0 Å². The van der Waals surface area contributed by atoms with Crippen LogP contribution in [0.5, 0.6) is 0 Å². The van der Waals surface area contributed by atoms with Gasteiger partial charge in [-0.3, -0.25) is 4.79 Å². The Labute approximate surface area is 123 Å². The molecule has 1 N–H and O–H groups in total. The summed E-state index contributed by atoms with van der Waals surface area (Å²) in [5.41, 5.74) is 3.22. The molecule has 4 nitrogen and oxygen atoms in total. The summed E-state index contributed by atoms with van der Waals surface area (Å²) in [4.78, 5) is 16.0. The zero-order chi connectivity index (χ0) is 14.5. The highest BCUT2D eigenvalue weighted by Gasteiger charge is 2.11. The molecule has 1 amide bonds. The van der Waals surface area contributed by atoms with Crippen LogP contribution in [0.15, 0.2) is 30.6 Å². The predicted octanol–water partition coefficient (Wildman–Crippen LogP) is 3.30. The number of hydrogen-bond acceptors (Lipinski definition) is 2. The van der Waals surface area contributed by atoms with Gasteiger partial charge in [-0.2, -0.15) is 0 Å². The topological polar surface area (TPSA) is 46.9 Å². The number of para-hydroxylation sites is 1. The number of hydrogen-bond donors (Lipinski definition) is 1. The van der Waals surface area contributed by atoms with Crippen LogP contribution in [0.1, 0.15) is 25.0 Å². The summed E-state index contributed by atoms with van der Waals surface area (Å²) in [5.74, 6) is -0.0968. The molecule has 2 aromatic rings. The number of rotatable bonds is 5. The molecule has 1 aromatic carbocycles. The van der Waals surface area contributed by atoms with E-state index in [1.807, 2.05) is 18.2 Å². The van der Waals surface area contributed by atoms with Gasteiger partial charge in [-0.05, 0) is 35.6 Å². The number of amides is 1. The molecule has 0 aliphatic carbocycles. The molecule has 1 aromatic heterocycles. The van der Waals surface area contributed by atoms with Crippen LogP contribution in [0.25, 0.3) is 0 Å². The number of aromatic nitrogens is 2. The fraction of sp³-hybridized carbons (Fsp3) is 0.333. The van der Waals surface area contributed by atoms with Crippen molar-refractivity contribution >= 4 is 23.2 Å². The molecule has 0 aliphatic heterocycles. The van der Waals surface area contributed by atoms with E-state index in [0.717, 1.165) is 29.7 Å². The van der Waals surface area contributed by atoms with Gasteiger partial charge < -0.3 is 9.88 Å². The largest absolute Gasteiger partial charge is 0.324 e. The Morgan fingerprint density at radius 1 is 1.30 bits per heavy atom. The highest BCUT2D eigenvalue weighted by molar-refractivity contribution is 6.28. The van der Waals surface area contributed by atoms with Gasteiger partial charge in [-0.1, -0.05) is 32.0 Å². The lowest BCUT2D eigenvalue weighted by molar-refractivity contribution is -0.116. The Morgan fingerprint density at radius 2 is 1.95 bits per heavy atom. The smallest absolute Gasteiger partial charge is 0.244 e.